The first-order chi connectivity index (χ1) is 13.2. The molecule has 2 N–H and O–H groups in total. The fourth-order valence-electron chi connectivity index (χ4n) is 4.37. The fourth-order valence-corrected chi connectivity index (χ4v) is 4.37. The number of carbonyl (C=O) groups is 2. The zero-order valence-electron chi connectivity index (χ0n) is 16.9. The SMILES string of the molecule is COc1ccc(C)c2c1NC(C)(C1(C)Nc3c(OC)ccc(C)c3C1=O)C2=O. The molecule has 0 aromatic heterocycles. The van der Waals surface area contributed by atoms with Crippen LogP contribution in [0, 0.1) is 13.8 Å². The normalized spacial score (nSPS) is 25.1. The Morgan fingerprint density at radius 2 is 1.07 bits per heavy atom. The molecule has 0 saturated carbocycles. The van der Waals surface area contributed by atoms with Crippen molar-refractivity contribution in [3.05, 3.63) is 46.5 Å². The molecule has 0 amide bonds. The molecular formula is C22H24N2O4. The van der Waals surface area contributed by atoms with Gasteiger partial charge in [0.1, 0.15) is 22.6 Å². The van der Waals surface area contributed by atoms with E-state index in [0.29, 0.717) is 34.0 Å². The summed E-state index contributed by atoms with van der Waals surface area (Å²) < 4.78 is 10.9. The highest BCUT2D eigenvalue weighted by atomic mass is 16.5. The van der Waals surface area contributed by atoms with E-state index < -0.39 is 11.1 Å². The van der Waals surface area contributed by atoms with Crippen LogP contribution in [0.15, 0.2) is 24.3 Å². The fraction of sp³-hybridized carbons (Fsp3) is 0.364. The van der Waals surface area contributed by atoms with Crippen molar-refractivity contribution >= 4 is 22.9 Å². The number of fused-ring (bicyclic) bond motifs is 2. The molecule has 0 spiro atoms. The van der Waals surface area contributed by atoms with E-state index in [1.807, 2.05) is 38.1 Å². The third-order valence-corrected chi connectivity index (χ3v) is 6.30. The molecule has 0 fully saturated rings. The number of benzene rings is 2. The number of aryl methyl sites for hydroxylation is 2. The quantitative estimate of drug-likeness (QED) is 0.844. The van der Waals surface area contributed by atoms with E-state index in [-0.39, 0.29) is 11.6 Å². The molecule has 28 heavy (non-hydrogen) atoms. The number of anilines is 2. The van der Waals surface area contributed by atoms with E-state index in [0.717, 1.165) is 11.1 Å². The molecule has 6 heteroatoms. The zero-order valence-corrected chi connectivity index (χ0v) is 16.9. The van der Waals surface area contributed by atoms with E-state index in [4.69, 9.17) is 9.47 Å². The van der Waals surface area contributed by atoms with Crippen molar-refractivity contribution in [2.24, 2.45) is 0 Å². The van der Waals surface area contributed by atoms with Crippen LogP contribution in [0.4, 0.5) is 11.4 Å². The van der Waals surface area contributed by atoms with Crippen LogP contribution in [0.25, 0.3) is 0 Å². The van der Waals surface area contributed by atoms with Gasteiger partial charge in [-0.2, -0.15) is 0 Å². The highest BCUT2D eigenvalue weighted by Crippen LogP contribution is 2.51. The van der Waals surface area contributed by atoms with Gasteiger partial charge in [0.15, 0.2) is 11.6 Å². The smallest absolute Gasteiger partial charge is 0.193 e. The van der Waals surface area contributed by atoms with Crippen LogP contribution < -0.4 is 20.1 Å². The first kappa shape index (κ1) is 18.3. The van der Waals surface area contributed by atoms with E-state index in [1.54, 1.807) is 28.1 Å². The first-order valence-corrected chi connectivity index (χ1v) is 9.20. The highest BCUT2D eigenvalue weighted by Gasteiger charge is 2.62. The minimum atomic E-state index is -1.19. The van der Waals surface area contributed by atoms with Crippen molar-refractivity contribution in [2.45, 2.75) is 38.8 Å². The Morgan fingerprint density at radius 1 is 0.714 bits per heavy atom. The molecule has 0 bridgehead atoms. The van der Waals surface area contributed by atoms with Crippen molar-refractivity contribution < 1.29 is 19.1 Å². The van der Waals surface area contributed by atoms with Gasteiger partial charge in [-0.1, -0.05) is 12.1 Å². The number of ether oxygens (including phenoxy) is 2. The predicted octanol–water partition coefficient (Wildman–Crippen LogP) is 3.75. The Labute approximate surface area is 164 Å². The molecular weight excluding hydrogens is 356 g/mol. The molecule has 2 atom stereocenters. The molecule has 0 radical (unpaired) electrons. The van der Waals surface area contributed by atoms with Gasteiger partial charge in [-0.3, -0.25) is 9.59 Å². The molecule has 2 aliphatic rings. The molecule has 4 rings (SSSR count). The highest BCUT2D eigenvalue weighted by molar-refractivity contribution is 6.25. The summed E-state index contributed by atoms with van der Waals surface area (Å²) in [6, 6.07) is 7.37. The van der Waals surface area contributed by atoms with Crippen LogP contribution >= 0.6 is 0 Å². The maximum absolute atomic E-state index is 13.6. The molecule has 2 unspecified atom stereocenters. The number of ketones is 2. The summed E-state index contributed by atoms with van der Waals surface area (Å²) in [4.78, 5) is 27.2. The maximum atomic E-state index is 13.6. The van der Waals surface area contributed by atoms with Gasteiger partial charge < -0.3 is 20.1 Å². The van der Waals surface area contributed by atoms with Crippen molar-refractivity contribution in [2.75, 3.05) is 24.9 Å². The van der Waals surface area contributed by atoms with Crippen LogP contribution in [0.5, 0.6) is 11.5 Å². The second-order valence-corrected chi connectivity index (χ2v) is 7.83. The molecule has 2 heterocycles. The summed E-state index contributed by atoms with van der Waals surface area (Å²) in [7, 11) is 3.13. The number of hydrogen-bond donors (Lipinski definition) is 2. The van der Waals surface area contributed by atoms with Crippen LogP contribution in [0.1, 0.15) is 45.7 Å². The Bertz CT molecular complexity index is 962. The number of hydrogen-bond acceptors (Lipinski definition) is 6. The van der Waals surface area contributed by atoms with E-state index in [2.05, 4.69) is 10.6 Å². The maximum Gasteiger partial charge on any atom is 0.193 e. The molecule has 6 nitrogen and oxygen atoms in total. The van der Waals surface area contributed by atoms with Gasteiger partial charge in [-0.25, -0.2) is 0 Å². The minimum Gasteiger partial charge on any atom is -0.495 e. The van der Waals surface area contributed by atoms with E-state index in [1.165, 1.54) is 0 Å². The number of Topliss-reactive ketones (excluding diaryl/α,β-unsaturated/α-hetero) is 2. The second-order valence-electron chi connectivity index (χ2n) is 7.83. The number of rotatable bonds is 3. The number of carbonyl (C=O) groups excluding carboxylic acids is 2. The third-order valence-electron chi connectivity index (χ3n) is 6.30. The Morgan fingerprint density at radius 3 is 1.39 bits per heavy atom. The third kappa shape index (κ3) is 2.03. The van der Waals surface area contributed by atoms with Gasteiger partial charge in [0.05, 0.1) is 36.7 Å². The molecule has 0 aliphatic carbocycles. The van der Waals surface area contributed by atoms with E-state index in [9.17, 15) is 9.59 Å². The lowest BCUT2D eigenvalue weighted by atomic mass is 9.73. The van der Waals surface area contributed by atoms with E-state index >= 15 is 0 Å². The van der Waals surface area contributed by atoms with Crippen LogP contribution in [-0.4, -0.2) is 36.9 Å². The zero-order chi connectivity index (χ0) is 20.4. The summed E-state index contributed by atoms with van der Waals surface area (Å²) in [5, 5.41) is 6.65. The lowest BCUT2D eigenvalue weighted by Gasteiger charge is -2.39. The van der Waals surface area contributed by atoms with Gasteiger partial charge in [0.2, 0.25) is 0 Å². The van der Waals surface area contributed by atoms with Gasteiger partial charge in [-0.05, 0) is 51.0 Å². The summed E-state index contributed by atoms with van der Waals surface area (Å²) in [5.41, 5.74) is 1.70. The molecule has 0 saturated heterocycles. The molecule has 2 aromatic carbocycles. The van der Waals surface area contributed by atoms with Crippen LogP contribution in [0.2, 0.25) is 0 Å². The summed E-state index contributed by atoms with van der Waals surface area (Å²) in [5.74, 6) is 0.898. The molecule has 146 valence electrons. The summed E-state index contributed by atoms with van der Waals surface area (Å²) in [6.45, 7) is 7.31. The Hall–Kier alpha value is -3.02. The summed E-state index contributed by atoms with van der Waals surface area (Å²) >= 11 is 0. The Kier molecular flexibility index (Phi) is 3.76. The average molecular weight is 380 g/mol. The molecule has 2 aliphatic heterocycles. The topological polar surface area (TPSA) is 76.7 Å². The predicted molar refractivity (Wildman–Crippen MR) is 108 cm³/mol. The van der Waals surface area contributed by atoms with Gasteiger partial charge >= 0.3 is 0 Å². The van der Waals surface area contributed by atoms with Crippen molar-refractivity contribution in [1.29, 1.82) is 0 Å². The lowest BCUT2D eigenvalue weighted by molar-refractivity contribution is 0.0781. The second kappa shape index (κ2) is 5.74. The van der Waals surface area contributed by atoms with Crippen molar-refractivity contribution in [3.8, 4) is 11.5 Å². The summed E-state index contributed by atoms with van der Waals surface area (Å²) in [6.07, 6.45) is 0. The Balaban J connectivity index is 1.88. The standard InChI is InChI=1S/C22H24N2O4/c1-11-7-9-13(27-5)17-15(11)19(25)21(3,23-17)22(4)20(26)16-12(2)8-10-14(28-6)18(16)24-22/h7-10,23-24H,1-6H3. The van der Waals surface area contributed by atoms with Gasteiger partial charge in [-0.15, -0.1) is 0 Å². The van der Waals surface area contributed by atoms with Gasteiger partial charge in [0.25, 0.3) is 0 Å². The lowest BCUT2D eigenvalue weighted by Crippen LogP contribution is -2.64. The average Bonchev–Trinajstić information content (AvgIpc) is 3.11. The largest absolute Gasteiger partial charge is 0.495 e. The number of nitrogens with one attached hydrogen (secondary N) is 2. The van der Waals surface area contributed by atoms with Gasteiger partial charge in [0, 0.05) is 0 Å². The van der Waals surface area contributed by atoms with Crippen LogP contribution in [-0.2, 0) is 0 Å². The minimum absolute atomic E-state index is 0.133. The first-order valence-electron chi connectivity index (χ1n) is 9.20. The van der Waals surface area contributed by atoms with Crippen molar-refractivity contribution in [3.63, 3.8) is 0 Å². The number of methoxy groups -OCH3 is 2. The molecule has 2 aromatic rings. The van der Waals surface area contributed by atoms with Crippen LogP contribution in [0.3, 0.4) is 0 Å². The monoisotopic (exact) mass is 380 g/mol. The van der Waals surface area contributed by atoms with Crippen molar-refractivity contribution in [1.82, 2.24) is 0 Å².